The van der Waals surface area contributed by atoms with Crippen LogP contribution in [-0.4, -0.2) is 10.8 Å². The summed E-state index contributed by atoms with van der Waals surface area (Å²) in [4.78, 5) is 16.1. The number of aromatic nitrogens is 1. The summed E-state index contributed by atoms with van der Waals surface area (Å²) >= 11 is 0. The molecule has 3 rings (SSSR count). The molecule has 1 aliphatic rings. The van der Waals surface area contributed by atoms with Crippen molar-refractivity contribution in [3.05, 3.63) is 35.0 Å². The average Bonchev–Trinajstić information content (AvgIpc) is 2.37. The second-order valence-corrected chi connectivity index (χ2v) is 4.85. The molecule has 0 aliphatic heterocycles. The molecule has 2 aromatic rings. The van der Waals surface area contributed by atoms with Crippen LogP contribution in [0.15, 0.2) is 18.2 Å². The van der Waals surface area contributed by atoms with Crippen LogP contribution in [0.5, 0.6) is 0 Å². The van der Waals surface area contributed by atoms with Crippen LogP contribution in [0.3, 0.4) is 0 Å². The van der Waals surface area contributed by atoms with E-state index < -0.39 is 11.7 Å². The van der Waals surface area contributed by atoms with E-state index in [1.807, 2.05) is 0 Å². The quantitative estimate of drug-likeness (QED) is 0.805. The summed E-state index contributed by atoms with van der Waals surface area (Å²) in [6.07, 6.45) is -2.79. The SMILES string of the molecule is Nc1c2c(nc3cc(C(F)(F)F)ccc13)CCCC2=O. The van der Waals surface area contributed by atoms with Gasteiger partial charge in [-0.3, -0.25) is 9.78 Å². The second kappa shape index (κ2) is 4.19. The van der Waals surface area contributed by atoms with Gasteiger partial charge >= 0.3 is 6.18 Å². The number of nitrogens with zero attached hydrogens (tertiary/aromatic N) is 1. The van der Waals surface area contributed by atoms with Crippen molar-refractivity contribution in [2.45, 2.75) is 25.4 Å². The molecule has 3 nitrogen and oxygen atoms in total. The normalized spacial score (nSPS) is 15.4. The Morgan fingerprint density at radius 2 is 1.95 bits per heavy atom. The van der Waals surface area contributed by atoms with Crippen molar-refractivity contribution in [1.29, 1.82) is 0 Å². The number of carbonyl (C=O) groups excluding carboxylic acids is 1. The monoisotopic (exact) mass is 280 g/mol. The Kier molecular flexibility index (Phi) is 2.70. The molecule has 0 amide bonds. The number of alkyl halides is 3. The van der Waals surface area contributed by atoms with Gasteiger partial charge in [-0.1, -0.05) is 6.07 Å². The minimum atomic E-state index is -4.42. The molecule has 0 bridgehead atoms. The molecule has 1 aromatic heterocycles. The van der Waals surface area contributed by atoms with Gasteiger partial charge in [-0.25, -0.2) is 0 Å². The van der Waals surface area contributed by atoms with E-state index in [0.717, 1.165) is 12.1 Å². The molecule has 6 heteroatoms. The largest absolute Gasteiger partial charge is 0.416 e. The zero-order valence-electron chi connectivity index (χ0n) is 10.4. The summed E-state index contributed by atoms with van der Waals surface area (Å²) in [5.41, 5.74) is 6.49. The Bertz CT molecular complexity index is 722. The number of nitrogens with two attached hydrogens (primary N) is 1. The zero-order chi connectivity index (χ0) is 14.5. The highest BCUT2D eigenvalue weighted by atomic mass is 19.4. The van der Waals surface area contributed by atoms with Crippen LogP contribution in [0.25, 0.3) is 10.9 Å². The lowest BCUT2D eigenvalue weighted by Gasteiger charge is -2.18. The Morgan fingerprint density at radius 1 is 1.20 bits per heavy atom. The molecule has 2 N–H and O–H groups in total. The number of halogens is 3. The lowest BCUT2D eigenvalue weighted by Crippen LogP contribution is -2.16. The predicted octanol–water partition coefficient (Wildman–Crippen LogP) is 3.35. The molecular weight excluding hydrogens is 269 g/mol. The van der Waals surface area contributed by atoms with E-state index in [1.165, 1.54) is 6.07 Å². The summed E-state index contributed by atoms with van der Waals surface area (Å²) in [6.45, 7) is 0. The number of ketones is 1. The van der Waals surface area contributed by atoms with Crippen molar-refractivity contribution in [2.75, 3.05) is 5.73 Å². The number of nitrogen functional groups attached to an aromatic ring is 1. The first-order chi connectivity index (χ1) is 9.38. The van der Waals surface area contributed by atoms with Crippen molar-refractivity contribution in [1.82, 2.24) is 4.98 Å². The number of rotatable bonds is 0. The van der Waals surface area contributed by atoms with Gasteiger partial charge in [0.1, 0.15) is 0 Å². The molecule has 104 valence electrons. The Hall–Kier alpha value is -2.11. The van der Waals surface area contributed by atoms with E-state index in [4.69, 9.17) is 5.73 Å². The summed E-state index contributed by atoms with van der Waals surface area (Å²) in [5, 5.41) is 0.395. The topological polar surface area (TPSA) is 56.0 Å². The van der Waals surface area contributed by atoms with Crippen molar-refractivity contribution in [3.8, 4) is 0 Å². The number of benzene rings is 1. The summed E-state index contributed by atoms with van der Waals surface area (Å²) in [5.74, 6) is -0.0851. The minimum Gasteiger partial charge on any atom is -0.398 e. The van der Waals surface area contributed by atoms with Gasteiger partial charge in [0.05, 0.1) is 28.0 Å². The molecule has 0 saturated heterocycles. The molecule has 0 saturated carbocycles. The molecular formula is C14H11F3N2O. The van der Waals surface area contributed by atoms with Gasteiger partial charge in [0.15, 0.2) is 5.78 Å². The molecule has 0 radical (unpaired) electrons. The Morgan fingerprint density at radius 3 is 2.65 bits per heavy atom. The van der Waals surface area contributed by atoms with Gasteiger partial charge in [0, 0.05) is 11.8 Å². The molecule has 1 heterocycles. The van der Waals surface area contributed by atoms with Gasteiger partial charge in [0.2, 0.25) is 0 Å². The average molecular weight is 280 g/mol. The van der Waals surface area contributed by atoms with Crippen molar-refractivity contribution in [2.24, 2.45) is 0 Å². The third-order valence-corrected chi connectivity index (χ3v) is 3.52. The van der Waals surface area contributed by atoms with Gasteiger partial charge in [-0.05, 0) is 25.0 Å². The lowest BCUT2D eigenvalue weighted by atomic mass is 9.91. The lowest BCUT2D eigenvalue weighted by molar-refractivity contribution is -0.137. The summed E-state index contributed by atoms with van der Waals surface area (Å²) < 4.78 is 38.1. The van der Waals surface area contributed by atoms with Gasteiger partial charge < -0.3 is 5.73 Å². The number of hydrogen-bond acceptors (Lipinski definition) is 3. The molecule has 0 unspecified atom stereocenters. The van der Waals surface area contributed by atoms with E-state index in [9.17, 15) is 18.0 Å². The van der Waals surface area contributed by atoms with Crippen LogP contribution in [-0.2, 0) is 12.6 Å². The van der Waals surface area contributed by atoms with E-state index in [0.29, 0.717) is 35.9 Å². The van der Waals surface area contributed by atoms with E-state index in [1.54, 1.807) is 0 Å². The maximum atomic E-state index is 12.7. The number of aryl methyl sites for hydroxylation is 1. The fourth-order valence-electron chi connectivity index (χ4n) is 2.55. The number of carbonyl (C=O) groups is 1. The molecule has 0 spiro atoms. The third-order valence-electron chi connectivity index (χ3n) is 3.52. The molecule has 1 aromatic carbocycles. The van der Waals surface area contributed by atoms with Crippen LogP contribution in [0.1, 0.15) is 34.5 Å². The molecule has 0 atom stereocenters. The molecule has 1 aliphatic carbocycles. The first-order valence-electron chi connectivity index (χ1n) is 6.20. The first-order valence-corrected chi connectivity index (χ1v) is 6.20. The second-order valence-electron chi connectivity index (χ2n) is 4.85. The maximum absolute atomic E-state index is 12.7. The highest BCUT2D eigenvalue weighted by Crippen LogP contribution is 2.35. The van der Waals surface area contributed by atoms with Crippen molar-refractivity contribution in [3.63, 3.8) is 0 Å². The fourth-order valence-corrected chi connectivity index (χ4v) is 2.55. The van der Waals surface area contributed by atoms with Crippen molar-refractivity contribution >= 4 is 22.4 Å². The predicted molar refractivity (Wildman–Crippen MR) is 68.4 cm³/mol. The van der Waals surface area contributed by atoms with E-state index in [2.05, 4.69) is 4.98 Å². The minimum absolute atomic E-state index is 0.0851. The maximum Gasteiger partial charge on any atom is 0.416 e. The summed E-state index contributed by atoms with van der Waals surface area (Å²) in [7, 11) is 0. The van der Waals surface area contributed by atoms with Crippen LogP contribution < -0.4 is 5.73 Å². The van der Waals surface area contributed by atoms with Crippen LogP contribution in [0, 0.1) is 0 Å². The van der Waals surface area contributed by atoms with E-state index in [-0.39, 0.29) is 17.0 Å². The fraction of sp³-hybridized carbons (Fsp3) is 0.286. The highest BCUT2D eigenvalue weighted by molar-refractivity contribution is 6.09. The Labute approximate surface area is 112 Å². The van der Waals surface area contributed by atoms with Crippen LogP contribution in [0.2, 0.25) is 0 Å². The Balaban J connectivity index is 2.28. The van der Waals surface area contributed by atoms with Crippen LogP contribution >= 0.6 is 0 Å². The highest BCUT2D eigenvalue weighted by Gasteiger charge is 2.31. The number of anilines is 1. The van der Waals surface area contributed by atoms with Crippen molar-refractivity contribution < 1.29 is 18.0 Å². The van der Waals surface area contributed by atoms with Gasteiger partial charge in [0.25, 0.3) is 0 Å². The van der Waals surface area contributed by atoms with E-state index >= 15 is 0 Å². The third kappa shape index (κ3) is 1.92. The molecule has 0 fully saturated rings. The van der Waals surface area contributed by atoms with Gasteiger partial charge in [-0.2, -0.15) is 13.2 Å². The zero-order valence-corrected chi connectivity index (χ0v) is 10.4. The first kappa shape index (κ1) is 12.9. The van der Waals surface area contributed by atoms with Gasteiger partial charge in [-0.15, -0.1) is 0 Å². The standard InChI is InChI=1S/C14H11F3N2O/c15-14(16,17)7-4-5-8-10(6-7)19-9-2-1-3-11(20)12(9)13(8)18/h4-6H,1-3H2,(H2,18,19). The number of fused-ring (bicyclic) bond motifs is 2. The van der Waals surface area contributed by atoms with Crippen LogP contribution in [0.4, 0.5) is 18.9 Å². The summed E-state index contributed by atoms with van der Waals surface area (Å²) in [6, 6.07) is 3.22. The number of Topliss-reactive ketones (excluding diaryl/α,β-unsaturated/α-hetero) is 1. The smallest absolute Gasteiger partial charge is 0.398 e. The number of pyridine rings is 1. The molecule has 20 heavy (non-hydrogen) atoms. The number of hydrogen-bond donors (Lipinski definition) is 1.